The smallest absolute Gasteiger partial charge is 0.335 e. The van der Waals surface area contributed by atoms with Crippen LogP contribution in [0.15, 0.2) is 5.38 Å². The fourth-order valence-corrected chi connectivity index (χ4v) is 1.90. The average molecular weight is 315 g/mol. The highest BCUT2D eigenvalue weighted by Crippen LogP contribution is 2.21. The summed E-state index contributed by atoms with van der Waals surface area (Å²) in [5.74, 6) is 1.93. The van der Waals surface area contributed by atoms with Crippen molar-refractivity contribution in [3.8, 4) is 0 Å². The molecule has 0 spiro atoms. The number of nitrogens with one attached hydrogen (secondary N) is 2. The fourth-order valence-electron chi connectivity index (χ4n) is 1.31. The van der Waals surface area contributed by atoms with Crippen molar-refractivity contribution in [1.29, 1.82) is 0 Å². The molecule has 1 atom stereocenters. The molecule has 0 radical (unpaired) electrons. The van der Waals surface area contributed by atoms with Gasteiger partial charge >= 0.3 is 17.8 Å². The lowest BCUT2D eigenvalue weighted by atomic mass is 10.1. The first-order valence-corrected chi connectivity index (χ1v) is 6.77. The van der Waals surface area contributed by atoms with E-state index in [9.17, 15) is 14.4 Å². The van der Waals surface area contributed by atoms with Crippen molar-refractivity contribution in [1.82, 2.24) is 15.7 Å². The molecule has 116 valence electrons. The van der Waals surface area contributed by atoms with Gasteiger partial charge in [-0.2, -0.15) is 0 Å². The summed E-state index contributed by atoms with van der Waals surface area (Å²) < 4.78 is 5.18. The van der Waals surface area contributed by atoms with Crippen LogP contribution >= 0.6 is 11.3 Å². The van der Waals surface area contributed by atoms with Crippen molar-refractivity contribution < 1.29 is 19.1 Å². The lowest BCUT2D eigenvalue weighted by Crippen LogP contribution is -2.47. The second-order valence-corrected chi connectivity index (χ2v) is 5.91. The predicted molar refractivity (Wildman–Crippen MR) is 75.6 cm³/mol. The van der Waals surface area contributed by atoms with Gasteiger partial charge in [0.1, 0.15) is 5.60 Å². The molecule has 9 nitrogen and oxygen atoms in total. The Hall–Kier alpha value is -2.20. The largest absolute Gasteiger partial charge is 0.458 e. The second kappa shape index (κ2) is 6.50. The van der Waals surface area contributed by atoms with Gasteiger partial charge in [-0.3, -0.25) is 15.0 Å². The first-order chi connectivity index (χ1) is 9.64. The summed E-state index contributed by atoms with van der Waals surface area (Å²) in [5, 5.41) is 3.91. The molecule has 1 aromatic heterocycles. The van der Waals surface area contributed by atoms with Crippen molar-refractivity contribution in [2.24, 2.45) is 5.84 Å². The number of esters is 1. The predicted octanol–water partition coefficient (Wildman–Crippen LogP) is -0.786. The minimum atomic E-state index is -1.25. The number of hydrazine groups is 1. The number of carbonyl (C=O) groups is 3. The van der Waals surface area contributed by atoms with Gasteiger partial charge in [0.25, 0.3) is 0 Å². The van der Waals surface area contributed by atoms with Gasteiger partial charge in [-0.1, -0.05) is 0 Å². The Morgan fingerprint density at radius 3 is 2.38 bits per heavy atom. The molecule has 1 heterocycles. The SMILES string of the molecule is CC(C)(C)OC(=O)C(NC(=O)C(=O)NN)c1csc(N)n1. The molecule has 0 aromatic carbocycles. The molecule has 0 fully saturated rings. The van der Waals surface area contributed by atoms with Crippen LogP contribution in [0.1, 0.15) is 32.5 Å². The molecule has 21 heavy (non-hydrogen) atoms. The van der Waals surface area contributed by atoms with E-state index in [-0.39, 0.29) is 10.8 Å². The van der Waals surface area contributed by atoms with Crippen molar-refractivity contribution in [2.75, 3.05) is 5.73 Å². The molecule has 0 aliphatic carbocycles. The average Bonchev–Trinajstić information content (AvgIpc) is 2.78. The molecule has 0 aliphatic heterocycles. The lowest BCUT2D eigenvalue weighted by Gasteiger charge is -2.23. The van der Waals surface area contributed by atoms with Gasteiger partial charge in [0.2, 0.25) is 0 Å². The van der Waals surface area contributed by atoms with Crippen LogP contribution in [0.3, 0.4) is 0 Å². The number of hydrogen-bond donors (Lipinski definition) is 4. The molecular weight excluding hydrogens is 298 g/mol. The molecule has 0 bridgehead atoms. The Labute approximate surface area is 125 Å². The molecule has 0 saturated heterocycles. The number of ether oxygens (including phenoxy) is 1. The Balaban J connectivity index is 2.98. The number of rotatable bonds is 3. The van der Waals surface area contributed by atoms with Gasteiger partial charge < -0.3 is 15.8 Å². The molecule has 0 aliphatic rings. The van der Waals surface area contributed by atoms with E-state index in [1.54, 1.807) is 26.2 Å². The summed E-state index contributed by atoms with van der Waals surface area (Å²) in [7, 11) is 0. The second-order valence-electron chi connectivity index (χ2n) is 5.02. The molecule has 1 rings (SSSR count). The quantitative estimate of drug-likeness (QED) is 0.188. The van der Waals surface area contributed by atoms with Crippen LogP contribution in [0.4, 0.5) is 5.13 Å². The number of nitrogens with zero attached hydrogens (tertiary/aromatic N) is 1. The number of nitrogens with two attached hydrogens (primary N) is 2. The highest BCUT2D eigenvalue weighted by Gasteiger charge is 2.31. The molecule has 1 aromatic rings. The number of amides is 2. The van der Waals surface area contributed by atoms with Gasteiger partial charge in [-0.25, -0.2) is 15.6 Å². The number of aromatic nitrogens is 1. The van der Waals surface area contributed by atoms with Crippen LogP contribution in [-0.4, -0.2) is 28.4 Å². The van der Waals surface area contributed by atoms with Crippen LogP contribution in [0, 0.1) is 0 Å². The minimum absolute atomic E-state index is 0.185. The molecular formula is C11H17N5O4S. The lowest BCUT2D eigenvalue weighted by molar-refractivity contribution is -0.159. The maximum absolute atomic E-state index is 12.1. The van der Waals surface area contributed by atoms with E-state index in [0.717, 1.165) is 11.3 Å². The number of anilines is 1. The van der Waals surface area contributed by atoms with E-state index < -0.39 is 29.4 Å². The zero-order chi connectivity index (χ0) is 16.2. The third-order valence-corrected chi connectivity index (χ3v) is 2.78. The molecule has 2 amide bonds. The monoisotopic (exact) mass is 315 g/mol. The van der Waals surface area contributed by atoms with E-state index in [2.05, 4.69) is 10.3 Å². The third kappa shape index (κ3) is 5.00. The van der Waals surface area contributed by atoms with Crippen LogP contribution in [0.2, 0.25) is 0 Å². The zero-order valence-corrected chi connectivity index (χ0v) is 12.6. The van der Waals surface area contributed by atoms with E-state index in [4.69, 9.17) is 16.3 Å². The maximum Gasteiger partial charge on any atom is 0.335 e. The highest BCUT2D eigenvalue weighted by atomic mass is 32.1. The van der Waals surface area contributed by atoms with Crippen molar-refractivity contribution in [2.45, 2.75) is 32.4 Å². The van der Waals surface area contributed by atoms with Crippen molar-refractivity contribution >= 4 is 34.3 Å². The molecule has 6 N–H and O–H groups in total. The first-order valence-electron chi connectivity index (χ1n) is 5.89. The maximum atomic E-state index is 12.1. The van der Waals surface area contributed by atoms with Crippen molar-refractivity contribution in [3.63, 3.8) is 0 Å². The highest BCUT2D eigenvalue weighted by molar-refractivity contribution is 7.13. The summed E-state index contributed by atoms with van der Waals surface area (Å²) in [6, 6.07) is -1.25. The van der Waals surface area contributed by atoms with Crippen LogP contribution in [0.25, 0.3) is 0 Å². The minimum Gasteiger partial charge on any atom is -0.458 e. The summed E-state index contributed by atoms with van der Waals surface area (Å²) in [6.45, 7) is 5.02. The summed E-state index contributed by atoms with van der Waals surface area (Å²) in [6.07, 6.45) is 0. The Morgan fingerprint density at radius 2 is 1.95 bits per heavy atom. The Bertz CT molecular complexity index is 551. The van der Waals surface area contributed by atoms with Crippen molar-refractivity contribution in [3.05, 3.63) is 11.1 Å². The Morgan fingerprint density at radius 1 is 1.33 bits per heavy atom. The topological polar surface area (TPSA) is 149 Å². The van der Waals surface area contributed by atoms with Crippen LogP contribution in [0.5, 0.6) is 0 Å². The Kier molecular flexibility index (Phi) is 5.22. The molecule has 1 unspecified atom stereocenters. The fraction of sp³-hybridized carbons (Fsp3) is 0.455. The van der Waals surface area contributed by atoms with E-state index in [1.165, 1.54) is 5.38 Å². The van der Waals surface area contributed by atoms with Gasteiger partial charge in [0.15, 0.2) is 11.2 Å². The third-order valence-electron chi connectivity index (χ3n) is 2.09. The number of thiazole rings is 1. The van der Waals surface area contributed by atoms with E-state index >= 15 is 0 Å². The summed E-state index contributed by atoms with van der Waals surface area (Å²) in [5.41, 5.74) is 6.59. The zero-order valence-electron chi connectivity index (χ0n) is 11.8. The van der Waals surface area contributed by atoms with Gasteiger partial charge in [-0.05, 0) is 20.8 Å². The van der Waals surface area contributed by atoms with Gasteiger partial charge in [-0.15, -0.1) is 11.3 Å². The van der Waals surface area contributed by atoms with E-state index in [1.807, 2.05) is 0 Å². The first kappa shape index (κ1) is 16.9. The van der Waals surface area contributed by atoms with Gasteiger partial charge in [0.05, 0.1) is 5.69 Å². The number of hydrogen-bond acceptors (Lipinski definition) is 8. The van der Waals surface area contributed by atoms with Gasteiger partial charge in [0, 0.05) is 5.38 Å². The van der Waals surface area contributed by atoms with E-state index in [0.29, 0.717) is 0 Å². The summed E-state index contributed by atoms with van der Waals surface area (Å²) in [4.78, 5) is 38.8. The standard InChI is InChI=1S/C11H17N5O4S/c1-11(2,3)20-9(19)6(5-4-21-10(12)14-5)15-7(17)8(18)16-13/h4,6H,13H2,1-3H3,(H2,12,14)(H,15,17)(H,16,18). The van der Waals surface area contributed by atoms with Crippen LogP contribution < -0.4 is 22.3 Å². The normalized spacial score (nSPS) is 12.4. The molecule has 10 heteroatoms. The molecule has 0 saturated carbocycles. The number of carbonyl (C=O) groups excluding carboxylic acids is 3. The van der Waals surface area contributed by atoms with Crippen LogP contribution in [-0.2, 0) is 19.1 Å². The number of nitrogen functional groups attached to an aromatic ring is 1. The summed E-state index contributed by atoms with van der Waals surface area (Å²) >= 11 is 1.09.